The van der Waals surface area contributed by atoms with Gasteiger partial charge in [0.2, 0.25) is 0 Å². The SMILES string of the molecule is CON(Cc1ccccc1)OC(C)O. The third-order valence-electron chi connectivity index (χ3n) is 1.63. The van der Waals surface area contributed by atoms with Crippen LogP contribution < -0.4 is 0 Å². The highest BCUT2D eigenvalue weighted by atomic mass is 17.0. The molecule has 0 saturated heterocycles. The van der Waals surface area contributed by atoms with E-state index in [1.807, 2.05) is 30.3 Å². The highest BCUT2D eigenvalue weighted by molar-refractivity contribution is 5.13. The van der Waals surface area contributed by atoms with Crippen LogP contribution in [0.5, 0.6) is 0 Å². The smallest absolute Gasteiger partial charge is 0.174 e. The molecule has 4 heteroatoms. The summed E-state index contributed by atoms with van der Waals surface area (Å²) in [6, 6.07) is 9.72. The molecule has 14 heavy (non-hydrogen) atoms. The number of aliphatic hydroxyl groups is 1. The van der Waals surface area contributed by atoms with E-state index in [9.17, 15) is 0 Å². The van der Waals surface area contributed by atoms with Crippen molar-refractivity contribution in [3.8, 4) is 0 Å². The molecule has 0 bridgehead atoms. The van der Waals surface area contributed by atoms with E-state index in [4.69, 9.17) is 14.8 Å². The Labute approximate surface area is 83.6 Å². The number of nitrogens with zero attached hydrogens (tertiary/aromatic N) is 1. The quantitative estimate of drug-likeness (QED) is 0.571. The second-order valence-corrected chi connectivity index (χ2v) is 2.86. The fourth-order valence-corrected chi connectivity index (χ4v) is 1.05. The van der Waals surface area contributed by atoms with Crippen LogP contribution in [0.4, 0.5) is 0 Å². The van der Waals surface area contributed by atoms with Gasteiger partial charge in [-0.15, -0.1) is 0 Å². The first-order chi connectivity index (χ1) is 6.72. The van der Waals surface area contributed by atoms with Crippen molar-refractivity contribution in [3.05, 3.63) is 35.9 Å². The zero-order valence-electron chi connectivity index (χ0n) is 8.38. The molecule has 0 aliphatic heterocycles. The third-order valence-corrected chi connectivity index (χ3v) is 1.63. The lowest BCUT2D eigenvalue weighted by Crippen LogP contribution is -2.27. The molecule has 0 radical (unpaired) electrons. The van der Waals surface area contributed by atoms with Crippen LogP contribution in [0.25, 0.3) is 0 Å². The maximum absolute atomic E-state index is 8.99. The Morgan fingerprint density at radius 2 is 2.00 bits per heavy atom. The summed E-state index contributed by atoms with van der Waals surface area (Å²) in [5, 5.41) is 10.2. The molecule has 0 heterocycles. The van der Waals surface area contributed by atoms with Gasteiger partial charge in [0.05, 0.1) is 13.7 Å². The standard InChI is InChI=1S/C10H15NO3/c1-9(12)14-11(13-2)8-10-6-4-3-5-7-10/h3-7,9,12H,8H2,1-2H3. The first-order valence-corrected chi connectivity index (χ1v) is 4.43. The summed E-state index contributed by atoms with van der Waals surface area (Å²) < 4.78 is 0. The Kier molecular flexibility index (Phi) is 4.55. The molecule has 1 aromatic rings. The molecule has 1 unspecified atom stereocenters. The van der Waals surface area contributed by atoms with E-state index in [1.165, 1.54) is 19.3 Å². The molecule has 0 spiro atoms. The maximum Gasteiger partial charge on any atom is 0.174 e. The highest BCUT2D eigenvalue weighted by Gasteiger charge is 2.07. The van der Waals surface area contributed by atoms with Gasteiger partial charge >= 0.3 is 0 Å². The molecule has 78 valence electrons. The average molecular weight is 197 g/mol. The molecule has 0 fully saturated rings. The van der Waals surface area contributed by atoms with Crippen molar-refractivity contribution in [1.29, 1.82) is 0 Å². The maximum atomic E-state index is 8.99. The topological polar surface area (TPSA) is 41.9 Å². The molecule has 1 N–H and O–H groups in total. The molecule has 0 saturated carbocycles. The zero-order chi connectivity index (χ0) is 10.4. The van der Waals surface area contributed by atoms with Crippen molar-refractivity contribution in [2.45, 2.75) is 19.8 Å². The van der Waals surface area contributed by atoms with E-state index in [1.54, 1.807) is 0 Å². The second-order valence-electron chi connectivity index (χ2n) is 2.86. The Hall–Kier alpha value is -0.940. The second kappa shape index (κ2) is 5.72. The van der Waals surface area contributed by atoms with Gasteiger partial charge in [0.25, 0.3) is 0 Å². The lowest BCUT2D eigenvalue weighted by molar-refractivity contribution is -0.406. The van der Waals surface area contributed by atoms with Crippen LogP contribution in [-0.4, -0.2) is 23.7 Å². The van der Waals surface area contributed by atoms with Gasteiger partial charge in [-0.25, -0.2) is 4.84 Å². The zero-order valence-corrected chi connectivity index (χ0v) is 8.38. The van der Waals surface area contributed by atoms with Gasteiger partial charge in [-0.3, -0.25) is 4.84 Å². The summed E-state index contributed by atoms with van der Waals surface area (Å²) in [5.74, 6) is 0. The Morgan fingerprint density at radius 1 is 1.36 bits per heavy atom. The molecule has 0 aromatic heterocycles. The molecule has 1 aromatic carbocycles. The highest BCUT2D eigenvalue weighted by Crippen LogP contribution is 2.05. The summed E-state index contributed by atoms with van der Waals surface area (Å²) in [6.07, 6.45) is -0.876. The van der Waals surface area contributed by atoms with E-state index >= 15 is 0 Å². The van der Waals surface area contributed by atoms with Gasteiger partial charge in [0.15, 0.2) is 6.29 Å². The van der Waals surface area contributed by atoms with Crippen LogP contribution in [0.3, 0.4) is 0 Å². The molecule has 0 aliphatic carbocycles. The third kappa shape index (κ3) is 3.85. The van der Waals surface area contributed by atoms with Gasteiger partial charge in [-0.05, 0) is 12.5 Å². The van der Waals surface area contributed by atoms with E-state index in [-0.39, 0.29) is 0 Å². The molecule has 1 rings (SSSR count). The molecular weight excluding hydrogens is 182 g/mol. The van der Waals surface area contributed by atoms with Crippen molar-refractivity contribution >= 4 is 0 Å². The van der Waals surface area contributed by atoms with E-state index in [2.05, 4.69) is 0 Å². The number of hydrogen-bond donors (Lipinski definition) is 1. The van der Waals surface area contributed by atoms with Gasteiger partial charge in [0, 0.05) is 0 Å². The summed E-state index contributed by atoms with van der Waals surface area (Å²) >= 11 is 0. The number of benzene rings is 1. The van der Waals surface area contributed by atoms with Crippen LogP contribution in [0.1, 0.15) is 12.5 Å². The predicted molar refractivity (Wildman–Crippen MR) is 51.8 cm³/mol. The average Bonchev–Trinajstić information content (AvgIpc) is 2.17. The first-order valence-electron chi connectivity index (χ1n) is 4.43. The molecule has 0 amide bonds. The predicted octanol–water partition coefficient (Wildman–Crippen LogP) is 1.32. The molecule has 1 atom stereocenters. The lowest BCUT2D eigenvalue weighted by atomic mass is 10.2. The fraction of sp³-hybridized carbons (Fsp3) is 0.400. The molecule has 0 aliphatic rings. The van der Waals surface area contributed by atoms with Gasteiger partial charge in [-0.2, -0.15) is 0 Å². The summed E-state index contributed by atoms with van der Waals surface area (Å²) in [5.41, 5.74) is 1.05. The summed E-state index contributed by atoms with van der Waals surface area (Å²) in [7, 11) is 1.49. The lowest BCUT2D eigenvalue weighted by Gasteiger charge is -2.20. The normalized spacial score (nSPS) is 13.1. The van der Waals surface area contributed by atoms with Crippen molar-refractivity contribution in [1.82, 2.24) is 5.23 Å². The van der Waals surface area contributed by atoms with E-state index in [0.717, 1.165) is 5.56 Å². The monoisotopic (exact) mass is 197 g/mol. The number of hydroxylamine groups is 2. The van der Waals surface area contributed by atoms with Crippen LogP contribution >= 0.6 is 0 Å². The van der Waals surface area contributed by atoms with Crippen LogP contribution in [-0.2, 0) is 16.2 Å². The summed E-state index contributed by atoms with van der Waals surface area (Å²) in [6.45, 7) is 2.00. The van der Waals surface area contributed by atoms with Crippen LogP contribution in [0.2, 0.25) is 0 Å². The van der Waals surface area contributed by atoms with E-state index < -0.39 is 6.29 Å². The van der Waals surface area contributed by atoms with Crippen LogP contribution in [0, 0.1) is 0 Å². The van der Waals surface area contributed by atoms with Gasteiger partial charge in [-0.1, -0.05) is 35.6 Å². The van der Waals surface area contributed by atoms with Gasteiger partial charge < -0.3 is 5.11 Å². The minimum atomic E-state index is -0.876. The Bertz CT molecular complexity index is 251. The molecule has 4 nitrogen and oxygen atoms in total. The molecular formula is C10H15NO3. The minimum Gasteiger partial charge on any atom is -0.367 e. The fourth-order valence-electron chi connectivity index (χ4n) is 1.05. The summed E-state index contributed by atoms with van der Waals surface area (Å²) in [4.78, 5) is 9.89. The van der Waals surface area contributed by atoms with E-state index in [0.29, 0.717) is 6.54 Å². The van der Waals surface area contributed by atoms with Crippen molar-refractivity contribution in [2.24, 2.45) is 0 Å². The Morgan fingerprint density at radius 3 is 2.50 bits per heavy atom. The van der Waals surface area contributed by atoms with Gasteiger partial charge in [0.1, 0.15) is 0 Å². The minimum absolute atomic E-state index is 0.474. The Balaban J connectivity index is 2.48. The van der Waals surface area contributed by atoms with Crippen LogP contribution in [0.15, 0.2) is 30.3 Å². The number of rotatable bonds is 5. The van der Waals surface area contributed by atoms with Crippen molar-refractivity contribution < 1.29 is 14.8 Å². The largest absolute Gasteiger partial charge is 0.367 e. The van der Waals surface area contributed by atoms with Crippen molar-refractivity contribution in [2.75, 3.05) is 7.11 Å². The van der Waals surface area contributed by atoms with Crippen molar-refractivity contribution in [3.63, 3.8) is 0 Å². The number of aliphatic hydroxyl groups excluding tert-OH is 1. The number of hydrogen-bond acceptors (Lipinski definition) is 4. The first kappa shape index (κ1) is 11.1.